The Morgan fingerprint density at radius 3 is 2.67 bits per heavy atom. The molecule has 1 aromatic carbocycles. The number of thiophene rings is 1. The highest BCUT2D eigenvalue weighted by molar-refractivity contribution is 7.18. The average molecular weight is 425 g/mol. The van der Waals surface area contributed by atoms with Crippen LogP contribution < -0.4 is 10.9 Å². The number of hydrogen-bond donors (Lipinski definition) is 1. The van der Waals surface area contributed by atoms with Crippen molar-refractivity contribution in [3.8, 4) is 0 Å². The van der Waals surface area contributed by atoms with E-state index >= 15 is 0 Å². The number of nitrogens with one attached hydrogen (secondary N) is 1. The Morgan fingerprint density at radius 1 is 1.27 bits per heavy atom. The minimum atomic E-state index is -0.285. The van der Waals surface area contributed by atoms with Crippen molar-refractivity contribution >= 4 is 33.1 Å². The summed E-state index contributed by atoms with van der Waals surface area (Å²) in [5.41, 5.74) is 3.05. The lowest BCUT2D eigenvalue weighted by Gasteiger charge is -2.33. The third kappa shape index (κ3) is 4.03. The first-order valence-corrected chi connectivity index (χ1v) is 11.3. The van der Waals surface area contributed by atoms with Crippen LogP contribution in [0.5, 0.6) is 0 Å². The smallest absolute Gasteiger partial charge is 0.279 e. The SMILES string of the molecule is CCc1ccc(NC(=O)Cn2nnc3sc4c(c3c2=O)CC[C@@H](C(C)(C)C)C4)cc1. The molecule has 4 rings (SSSR count). The zero-order valence-electron chi connectivity index (χ0n) is 18.0. The van der Waals surface area contributed by atoms with Crippen molar-refractivity contribution in [2.45, 2.75) is 59.9 Å². The van der Waals surface area contributed by atoms with E-state index in [0.29, 0.717) is 21.8 Å². The maximum Gasteiger partial charge on any atom is 0.279 e. The molecule has 0 bridgehead atoms. The summed E-state index contributed by atoms with van der Waals surface area (Å²) >= 11 is 1.58. The van der Waals surface area contributed by atoms with Gasteiger partial charge in [0.15, 0.2) is 4.83 Å². The van der Waals surface area contributed by atoms with Crippen molar-refractivity contribution in [3.05, 3.63) is 50.6 Å². The summed E-state index contributed by atoms with van der Waals surface area (Å²) in [4.78, 5) is 27.5. The fourth-order valence-corrected chi connectivity index (χ4v) is 5.36. The van der Waals surface area contributed by atoms with E-state index in [2.05, 4.69) is 43.3 Å². The van der Waals surface area contributed by atoms with Gasteiger partial charge in [0.1, 0.15) is 6.54 Å². The van der Waals surface area contributed by atoms with Crippen molar-refractivity contribution in [2.24, 2.45) is 11.3 Å². The molecule has 2 aromatic heterocycles. The number of anilines is 1. The summed E-state index contributed by atoms with van der Waals surface area (Å²) in [5.74, 6) is 0.310. The maximum absolute atomic E-state index is 13.1. The lowest BCUT2D eigenvalue weighted by Crippen LogP contribution is -2.31. The van der Waals surface area contributed by atoms with Crippen LogP contribution in [0.3, 0.4) is 0 Å². The number of rotatable bonds is 4. The maximum atomic E-state index is 13.1. The molecule has 1 amide bonds. The molecule has 0 unspecified atom stereocenters. The average Bonchev–Trinajstić information content (AvgIpc) is 3.08. The Hall–Kier alpha value is -2.54. The second-order valence-corrected chi connectivity index (χ2v) is 10.2. The fraction of sp³-hybridized carbons (Fsp3) is 0.478. The Kier molecular flexibility index (Phi) is 5.49. The molecule has 3 aromatic rings. The van der Waals surface area contributed by atoms with Crippen LogP contribution in [0.15, 0.2) is 29.1 Å². The molecule has 0 saturated carbocycles. The number of nitrogens with zero attached hydrogens (tertiary/aromatic N) is 3. The number of carbonyl (C=O) groups excluding carboxylic acids is 1. The van der Waals surface area contributed by atoms with Crippen molar-refractivity contribution in [3.63, 3.8) is 0 Å². The van der Waals surface area contributed by atoms with Crippen LogP contribution in [0, 0.1) is 11.3 Å². The quantitative estimate of drug-likeness (QED) is 0.681. The second kappa shape index (κ2) is 7.95. The summed E-state index contributed by atoms with van der Waals surface area (Å²) in [6, 6.07) is 7.71. The van der Waals surface area contributed by atoms with Crippen LogP contribution >= 0.6 is 11.3 Å². The normalized spacial score (nSPS) is 16.5. The van der Waals surface area contributed by atoms with Gasteiger partial charge >= 0.3 is 0 Å². The van der Waals surface area contributed by atoms with Crippen LogP contribution in [0.1, 0.15) is 50.1 Å². The Labute approximate surface area is 180 Å². The van der Waals surface area contributed by atoms with E-state index in [1.165, 1.54) is 15.1 Å². The van der Waals surface area contributed by atoms with Gasteiger partial charge in [-0.05, 0) is 60.3 Å². The van der Waals surface area contributed by atoms with Gasteiger partial charge in [0.2, 0.25) is 5.91 Å². The molecule has 0 fully saturated rings. The highest BCUT2D eigenvalue weighted by atomic mass is 32.1. The third-order valence-electron chi connectivity index (χ3n) is 6.10. The first-order chi connectivity index (χ1) is 14.3. The molecule has 30 heavy (non-hydrogen) atoms. The van der Waals surface area contributed by atoms with Crippen LogP contribution in [-0.4, -0.2) is 20.9 Å². The lowest BCUT2D eigenvalue weighted by atomic mass is 9.72. The largest absolute Gasteiger partial charge is 0.324 e. The van der Waals surface area contributed by atoms with E-state index in [-0.39, 0.29) is 23.4 Å². The van der Waals surface area contributed by atoms with Gasteiger partial charge in [0, 0.05) is 10.6 Å². The number of aryl methyl sites for hydroxylation is 2. The second-order valence-electron chi connectivity index (χ2n) is 9.14. The minimum Gasteiger partial charge on any atom is -0.324 e. The Balaban J connectivity index is 1.56. The van der Waals surface area contributed by atoms with Gasteiger partial charge in [0.25, 0.3) is 5.56 Å². The molecule has 2 heterocycles. The number of aromatic nitrogens is 3. The van der Waals surface area contributed by atoms with Gasteiger partial charge in [-0.15, -0.1) is 16.4 Å². The van der Waals surface area contributed by atoms with Crippen molar-refractivity contribution in [1.29, 1.82) is 0 Å². The molecular weight excluding hydrogens is 396 g/mol. The monoisotopic (exact) mass is 424 g/mol. The van der Waals surface area contributed by atoms with Crippen molar-refractivity contribution in [2.75, 3.05) is 5.32 Å². The highest BCUT2D eigenvalue weighted by Gasteiger charge is 2.32. The Bertz CT molecular complexity index is 1140. The molecule has 6 nitrogen and oxygen atoms in total. The fourth-order valence-electron chi connectivity index (χ4n) is 4.13. The van der Waals surface area contributed by atoms with Gasteiger partial charge in [-0.3, -0.25) is 9.59 Å². The zero-order valence-corrected chi connectivity index (χ0v) is 18.8. The van der Waals surface area contributed by atoms with Crippen LogP contribution in [0.25, 0.3) is 10.2 Å². The lowest BCUT2D eigenvalue weighted by molar-refractivity contribution is -0.117. The van der Waals surface area contributed by atoms with Crippen LogP contribution in [0.4, 0.5) is 5.69 Å². The first-order valence-electron chi connectivity index (χ1n) is 10.5. The van der Waals surface area contributed by atoms with Crippen LogP contribution in [-0.2, 0) is 30.6 Å². The topological polar surface area (TPSA) is 76.9 Å². The molecule has 1 aliphatic rings. The molecule has 0 saturated heterocycles. The summed E-state index contributed by atoms with van der Waals surface area (Å²) in [6.07, 6.45) is 3.88. The van der Waals surface area contributed by atoms with Gasteiger partial charge in [-0.1, -0.05) is 45.0 Å². The molecule has 1 atom stereocenters. The summed E-state index contributed by atoms with van der Waals surface area (Å²) < 4.78 is 1.18. The van der Waals surface area contributed by atoms with E-state index in [9.17, 15) is 9.59 Å². The van der Waals surface area contributed by atoms with E-state index in [1.54, 1.807) is 11.3 Å². The van der Waals surface area contributed by atoms with Crippen LogP contribution in [0.2, 0.25) is 0 Å². The third-order valence-corrected chi connectivity index (χ3v) is 7.24. The molecule has 1 aliphatic carbocycles. The summed E-state index contributed by atoms with van der Waals surface area (Å²) in [5, 5.41) is 11.8. The minimum absolute atomic E-state index is 0.146. The van der Waals surface area contributed by atoms with Gasteiger partial charge in [0.05, 0.1) is 5.39 Å². The van der Waals surface area contributed by atoms with Crippen molar-refractivity contribution in [1.82, 2.24) is 15.0 Å². The standard InChI is InChI=1S/C23H28N4O2S/c1-5-14-6-9-16(10-7-14)24-19(28)13-27-22(29)20-17-11-8-15(23(2,3)4)12-18(17)30-21(20)25-26-27/h6-7,9-10,15H,5,8,11-13H2,1-4H3,(H,24,28)/t15-/m1/s1. The van der Waals surface area contributed by atoms with E-state index in [1.807, 2.05) is 24.3 Å². The molecule has 1 N–H and O–H groups in total. The molecular formula is C23H28N4O2S. The predicted molar refractivity (Wildman–Crippen MR) is 121 cm³/mol. The summed E-state index contributed by atoms with van der Waals surface area (Å²) in [7, 11) is 0. The van der Waals surface area contributed by atoms with Gasteiger partial charge in [-0.25, -0.2) is 4.68 Å². The predicted octanol–water partition coefficient (Wildman–Crippen LogP) is 4.21. The highest BCUT2D eigenvalue weighted by Crippen LogP contribution is 2.41. The number of amides is 1. The molecule has 158 valence electrons. The summed E-state index contributed by atoms with van der Waals surface area (Å²) in [6.45, 7) is 8.76. The van der Waals surface area contributed by atoms with Gasteiger partial charge < -0.3 is 5.32 Å². The van der Waals surface area contributed by atoms with E-state index in [0.717, 1.165) is 31.2 Å². The van der Waals surface area contributed by atoms with E-state index in [4.69, 9.17) is 0 Å². The van der Waals surface area contributed by atoms with Crippen molar-refractivity contribution < 1.29 is 4.79 Å². The first kappa shape index (κ1) is 20.7. The number of carbonyl (C=O) groups is 1. The molecule has 0 radical (unpaired) electrons. The van der Waals surface area contributed by atoms with E-state index < -0.39 is 0 Å². The number of hydrogen-bond acceptors (Lipinski definition) is 5. The molecule has 0 aliphatic heterocycles. The Morgan fingerprint density at radius 2 is 2.00 bits per heavy atom. The zero-order chi connectivity index (χ0) is 21.5. The number of fused-ring (bicyclic) bond motifs is 3. The number of benzene rings is 1. The molecule has 0 spiro atoms. The molecule has 7 heteroatoms. The van der Waals surface area contributed by atoms with Gasteiger partial charge in [-0.2, -0.15) is 0 Å².